The van der Waals surface area contributed by atoms with E-state index in [0.29, 0.717) is 0 Å². The van der Waals surface area contributed by atoms with Crippen LogP contribution in [0.5, 0.6) is 0 Å². The van der Waals surface area contributed by atoms with Gasteiger partial charge in [-0.25, -0.2) is 4.39 Å². The van der Waals surface area contributed by atoms with Crippen molar-refractivity contribution in [3.8, 4) is 0 Å². The second kappa shape index (κ2) is 7.15. The highest BCUT2D eigenvalue weighted by Crippen LogP contribution is 2.25. The van der Waals surface area contributed by atoms with E-state index in [4.69, 9.17) is 0 Å². The lowest BCUT2D eigenvalue weighted by Gasteiger charge is -2.15. The molecule has 0 saturated carbocycles. The summed E-state index contributed by atoms with van der Waals surface area (Å²) in [6.07, 6.45) is -6.26. The number of hydrogen-bond donors (Lipinski definition) is 0. The van der Waals surface area contributed by atoms with Crippen LogP contribution in [0.4, 0.5) is 17.6 Å². The fourth-order valence-electron chi connectivity index (χ4n) is 1.66. The third kappa shape index (κ3) is 4.64. The van der Waals surface area contributed by atoms with Crippen LogP contribution in [0, 0.1) is 11.7 Å². The smallest absolute Gasteiger partial charge is 0.450 e. The fraction of sp³-hybridized carbons (Fsp3) is 0.357. The van der Waals surface area contributed by atoms with Gasteiger partial charge in [0, 0.05) is 12.0 Å². The first kappa shape index (κ1) is 17.8. The maximum atomic E-state index is 12.7. The molecule has 0 radical (unpaired) electrons. The van der Waals surface area contributed by atoms with E-state index < -0.39 is 41.9 Å². The molecule has 1 rings (SSSR count). The molecule has 0 heterocycles. The molecule has 0 N–H and O–H groups in total. The molecule has 0 aliphatic heterocycles. The average Bonchev–Trinajstić information content (AvgIpc) is 2.43. The van der Waals surface area contributed by atoms with Crippen LogP contribution in [0.25, 0.3) is 0 Å². The monoisotopic (exact) mass is 320 g/mol. The zero-order valence-electron chi connectivity index (χ0n) is 11.4. The molecule has 0 aliphatic carbocycles. The highest BCUT2D eigenvalue weighted by atomic mass is 19.4. The van der Waals surface area contributed by atoms with Crippen LogP contribution in [-0.2, 0) is 14.3 Å². The molecular formula is C14H12F4O4. The SMILES string of the molecule is CCOC(=O)C(CC(=O)c1ccc(F)cc1)C(=O)C(F)(F)F. The van der Waals surface area contributed by atoms with Crippen molar-refractivity contribution in [1.29, 1.82) is 0 Å². The largest absolute Gasteiger partial charge is 0.465 e. The van der Waals surface area contributed by atoms with Gasteiger partial charge >= 0.3 is 12.1 Å². The number of benzene rings is 1. The van der Waals surface area contributed by atoms with Gasteiger partial charge in [0.15, 0.2) is 5.78 Å². The number of hydrogen-bond acceptors (Lipinski definition) is 4. The van der Waals surface area contributed by atoms with E-state index in [2.05, 4.69) is 4.74 Å². The highest BCUT2D eigenvalue weighted by Gasteiger charge is 2.47. The second-order valence-electron chi connectivity index (χ2n) is 4.30. The van der Waals surface area contributed by atoms with Crippen LogP contribution in [-0.4, -0.2) is 30.3 Å². The number of halogens is 4. The van der Waals surface area contributed by atoms with E-state index in [-0.39, 0.29) is 12.2 Å². The number of esters is 1. The minimum atomic E-state index is -5.26. The van der Waals surface area contributed by atoms with Gasteiger partial charge in [0.05, 0.1) is 6.61 Å². The summed E-state index contributed by atoms with van der Waals surface area (Å²) >= 11 is 0. The van der Waals surface area contributed by atoms with Crippen LogP contribution >= 0.6 is 0 Å². The number of alkyl halides is 3. The lowest BCUT2D eigenvalue weighted by Crippen LogP contribution is -2.37. The summed E-state index contributed by atoms with van der Waals surface area (Å²) in [4.78, 5) is 34.6. The van der Waals surface area contributed by atoms with Crippen LogP contribution in [0.1, 0.15) is 23.7 Å². The van der Waals surface area contributed by atoms with E-state index in [9.17, 15) is 31.9 Å². The van der Waals surface area contributed by atoms with Crippen molar-refractivity contribution in [3.63, 3.8) is 0 Å². The van der Waals surface area contributed by atoms with Gasteiger partial charge in [0.25, 0.3) is 5.78 Å². The summed E-state index contributed by atoms with van der Waals surface area (Å²) in [5, 5.41) is 0. The van der Waals surface area contributed by atoms with Crippen molar-refractivity contribution in [2.45, 2.75) is 19.5 Å². The number of ether oxygens (including phenoxy) is 1. The Hall–Kier alpha value is -2.25. The first-order valence-corrected chi connectivity index (χ1v) is 6.23. The molecule has 1 atom stereocenters. The molecule has 0 aromatic heterocycles. The Labute approximate surface area is 123 Å². The zero-order chi connectivity index (χ0) is 16.9. The predicted octanol–water partition coefficient (Wildman–Crippen LogP) is 2.71. The average molecular weight is 320 g/mol. The number of Topliss-reactive ketones (excluding diaryl/α,β-unsaturated/α-hetero) is 2. The Balaban J connectivity index is 2.97. The molecule has 1 aromatic carbocycles. The third-order valence-electron chi connectivity index (χ3n) is 2.72. The molecule has 4 nitrogen and oxygen atoms in total. The Morgan fingerprint density at radius 3 is 2.14 bits per heavy atom. The van der Waals surface area contributed by atoms with Crippen molar-refractivity contribution in [3.05, 3.63) is 35.6 Å². The zero-order valence-corrected chi connectivity index (χ0v) is 11.4. The van der Waals surface area contributed by atoms with Gasteiger partial charge in [-0.05, 0) is 31.2 Å². The van der Waals surface area contributed by atoms with Crippen LogP contribution < -0.4 is 0 Å². The number of rotatable bonds is 6. The molecule has 8 heteroatoms. The van der Waals surface area contributed by atoms with Crippen molar-refractivity contribution in [2.24, 2.45) is 5.92 Å². The van der Waals surface area contributed by atoms with E-state index in [1.807, 2.05) is 0 Å². The van der Waals surface area contributed by atoms with Gasteiger partial charge < -0.3 is 4.74 Å². The van der Waals surface area contributed by atoms with Gasteiger partial charge in [-0.3, -0.25) is 14.4 Å². The summed E-state index contributed by atoms with van der Waals surface area (Å²) in [5.74, 6) is -7.56. The Morgan fingerprint density at radius 2 is 1.68 bits per heavy atom. The summed E-state index contributed by atoms with van der Waals surface area (Å²) in [6.45, 7) is 1.13. The lowest BCUT2D eigenvalue weighted by molar-refractivity contribution is -0.180. The van der Waals surface area contributed by atoms with E-state index >= 15 is 0 Å². The first-order valence-electron chi connectivity index (χ1n) is 6.23. The lowest BCUT2D eigenvalue weighted by atomic mass is 9.94. The van der Waals surface area contributed by atoms with Crippen molar-refractivity contribution in [2.75, 3.05) is 6.61 Å². The molecule has 0 spiro atoms. The maximum Gasteiger partial charge on any atom is 0.450 e. The molecular weight excluding hydrogens is 308 g/mol. The standard InChI is InChI=1S/C14H12F4O4/c1-2-22-13(21)10(12(20)14(16,17)18)7-11(19)8-3-5-9(15)6-4-8/h3-6,10H,2,7H2,1H3. The minimum Gasteiger partial charge on any atom is -0.465 e. The quantitative estimate of drug-likeness (QED) is 0.350. The minimum absolute atomic E-state index is 0.106. The van der Waals surface area contributed by atoms with Crippen LogP contribution in [0.3, 0.4) is 0 Å². The molecule has 0 amide bonds. The van der Waals surface area contributed by atoms with Crippen molar-refractivity contribution in [1.82, 2.24) is 0 Å². The third-order valence-corrected chi connectivity index (χ3v) is 2.72. The molecule has 0 bridgehead atoms. The van der Waals surface area contributed by atoms with Gasteiger partial charge in [-0.2, -0.15) is 13.2 Å². The van der Waals surface area contributed by atoms with Gasteiger partial charge in [-0.15, -0.1) is 0 Å². The van der Waals surface area contributed by atoms with Crippen LogP contribution in [0.15, 0.2) is 24.3 Å². The summed E-state index contributed by atoms with van der Waals surface area (Å²) in [5.41, 5.74) is -0.106. The summed E-state index contributed by atoms with van der Waals surface area (Å²) < 4.78 is 54.6. The molecule has 1 unspecified atom stereocenters. The molecule has 120 valence electrons. The van der Waals surface area contributed by atoms with Gasteiger partial charge in [0.2, 0.25) is 0 Å². The van der Waals surface area contributed by atoms with Crippen molar-refractivity contribution >= 4 is 17.5 Å². The molecule has 22 heavy (non-hydrogen) atoms. The van der Waals surface area contributed by atoms with Gasteiger partial charge in [0.1, 0.15) is 11.7 Å². The Kier molecular flexibility index (Phi) is 5.78. The summed E-state index contributed by atoms with van der Waals surface area (Å²) in [6, 6.07) is 3.99. The Morgan fingerprint density at radius 1 is 1.14 bits per heavy atom. The molecule has 0 fully saturated rings. The number of carbonyl (C=O) groups is 3. The van der Waals surface area contributed by atoms with Crippen LogP contribution in [0.2, 0.25) is 0 Å². The maximum absolute atomic E-state index is 12.7. The predicted molar refractivity (Wildman–Crippen MR) is 66.5 cm³/mol. The number of carbonyl (C=O) groups excluding carboxylic acids is 3. The highest BCUT2D eigenvalue weighted by molar-refractivity contribution is 6.07. The van der Waals surface area contributed by atoms with E-state index in [0.717, 1.165) is 24.3 Å². The second-order valence-corrected chi connectivity index (χ2v) is 4.30. The number of ketones is 2. The van der Waals surface area contributed by atoms with E-state index in [1.54, 1.807) is 0 Å². The summed E-state index contributed by atoms with van der Waals surface area (Å²) in [7, 11) is 0. The fourth-order valence-corrected chi connectivity index (χ4v) is 1.66. The molecule has 0 aliphatic rings. The molecule has 0 saturated heterocycles. The van der Waals surface area contributed by atoms with Gasteiger partial charge in [-0.1, -0.05) is 0 Å². The normalized spacial score (nSPS) is 12.6. The molecule has 1 aromatic rings. The topological polar surface area (TPSA) is 60.4 Å². The Bertz CT molecular complexity index is 563. The first-order chi connectivity index (χ1) is 10.2. The van der Waals surface area contributed by atoms with E-state index in [1.165, 1.54) is 6.92 Å². The van der Waals surface area contributed by atoms with Crippen molar-refractivity contribution < 1.29 is 36.7 Å².